The summed E-state index contributed by atoms with van der Waals surface area (Å²) in [6.45, 7) is 7.16. The summed E-state index contributed by atoms with van der Waals surface area (Å²) in [5.41, 5.74) is 0.760. The standard InChI is InChI=1S/C21H27N5O/c1-17-22-19(24-10-6-3-7-11-24)16-20(23-17)25-12-14-26(15-13-25)21(27)18-8-4-2-5-9-18/h2,4-5,8-9,16H,3,6-7,10-15H2,1H3. The number of amides is 1. The Hall–Kier alpha value is -2.63. The fourth-order valence-corrected chi connectivity index (χ4v) is 3.89. The van der Waals surface area contributed by atoms with Crippen LogP contribution in [0.3, 0.4) is 0 Å². The largest absolute Gasteiger partial charge is 0.356 e. The molecule has 2 saturated heterocycles. The summed E-state index contributed by atoms with van der Waals surface area (Å²) < 4.78 is 0. The lowest BCUT2D eigenvalue weighted by atomic mass is 10.1. The highest BCUT2D eigenvalue weighted by Gasteiger charge is 2.24. The lowest BCUT2D eigenvalue weighted by Gasteiger charge is -2.36. The molecule has 0 bridgehead atoms. The Morgan fingerprint density at radius 1 is 0.815 bits per heavy atom. The van der Waals surface area contributed by atoms with Crippen LogP contribution < -0.4 is 9.80 Å². The number of aryl methyl sites for hydroxylation is 1. The van der Waals surface area contributed by atoms with Crippen LogP contribution in [0.15, 0.2) is 36.4 Å². The molecule has 0 radical (unpaired) electrons. The van der Waals surface area contributed by atoms with E-state index in [-0.39, 0.29) is 5.91 Å². The maximum Gasteiger partial charge on any atom is 0.253 e. The first-order valence-corrected chi connectivity index (χ1v) is 9.90. The van der Waals surface area contributed by atoms with Crippen molar-refractivity contribution in [2.45, 2.75) is 26.2 Å². The highest BCUT2D eigenvalue weighted by molar-refractivity contribution is 5.94. The molecule has 0 saturated carbocycles. The van der Waals surface area contributed by atoms with Gasteiger partial charge in [-0.2, -0.15) is 0 Å². The van der Waals surface area contributed by atoms with Crippen molar-refractivity contribution < 1.29 is 4.79 Å². The van der Waals surface area contributed by atoms with Crippen LogP contribution >= 0.6 is 0 Å². The van der Waals surface area contributed by atoms with E-state index in [0.717, 1.165) is 62.3 Å². The van der Waals surface area contributed by atoms with Crippen molar-refractivity contribution in [3.63, 3.8) is 0 Å². The highest BCUT2D eigenvalue weighted by atomic mass is 16.2. The Kier molecular flexibility index (Phi) is 5.23. The predicted molar refractivity (Wildman–Crippen MR) is 107 cm³/mol. The third-order valence-electron chi connectivity index (χ3n) is 5.40. The minimum absolute atomic E-state index is 0.114. The van der Waals surface area contributed by atoms with Gasteiger partial charge in [-0.25, -0.2) is 9.97 Å². The van der Waals surface area contributed by atoms with Gasteiger partial charge < -0.3 is 14.7 Å². The first-order valence-electron chi connectivity index (χ1n) is 9.90. The molecule has 2 fully saturated rings. The Balaban J connectivity index is 1.43. The van der Waals surface area contributed by atoms with E-state index in [1.54, 1.807) is 0 Å². The number of piperidine rings is 1. The van der Waals surface area contributed by atoms with Crippen LogP contribution in [-0.2, 0) is 0 Å². The fourth-order valence-electron chi connectivity index (χ4n) is 3.89. The number of carbonyl (C=O) groups is 1. The molecular formula is C21H27N5O. The van der Waals surface area contributed by atoms with Gasteiger partial charge in [0, 0.05) is 50.9 Å². The molecule has 2 aromatic rings. The van der Waals surface area contributed by atoms with Crippen LogP contribution in [0.2, 0.25) is 0 Å². The predicted octanol–water partition coefficient (Wildman–Crippen LogP) is 2.74. The molecule has 1 aromatic heterocycles. The lowest BCUT2D eigenvalue weighted by molar-refractivity contribution is 0.0746. The van der Waals surface area contributed by atoms with E-state index in [1.165, 1.54) is 19.3 Å². The topological polar surface area (TPSA) is 52.6 Å². The SMILES string of the molecule is Cc1nc(N2CCCCC2)cc(N2CCN(C(=O)c3ccccc3)CC2)n1. The second kappa shape index (κ2) is 7.94. The van der Waals surface area contributed by atoms with E-state index in [2.05, 4.69) is 25.8 Å². The molecule has 0 aliphatic carbocycles. The average Bonchev–Trinajstić information content (AvgIpc) is 2.74. The molecule has 142 valence electrons. The zero-order chi connectivity index (χ0) is 18.6. The maximum atomic E-state index is 12.6. The number of hydrogen-bond donors (Lipinski definition) is 0. The summed E-state index contributed by atoms with van der Waals surface area (Å²) in [5, 5.41) is 0. The monoisotopic (exact) mass is 365 g/mol. The number of benzene rings is 1. The molecule has 1 aromatic carbocycles. The van der Waals surface area contributed by atoms with Crippen LogP contribution in [0, 0.1) is 6.92 Å². The van der Waals surface area contributed by atoms with E-state index >= 15 is 0 Å². The second-order valence-corrected chi connectivity index (χ2v) is 7.32. The first kappa shape index (κ1) is 17.8. The molecule has 27 heavy (non-hydrogen) atoms. The molecule has 0 unspecified atom stereocenters. The molecule has 0 N–H and O–H groups in total. The van der Waals surface area contributed by atoms with Crippen LogP contribution in [0.25, 0.3) is 0 Å². The normalized spacial score (nSPS) is 17.9. The van der Waals surface area contributed by atoms with Gasteiger partial charge in [-0.15, -0.1) is 0 Å². The van der Waals surface area contributed by atoms with Crippen LogP contribution in [-0.4, -0.2) is 60.0 Å². The molecule has 3 heterocycles. The first-order chi connectivity index (χ1) is 13.2. The van der Waals surface area contributed by atoms with Crippen molar-refractivity contribution in [1.82, 2.24) is 14.9 Å². The third kappa shape index (κ3) is 4.04. The Morgan fingerprint density at radius 2 is 1.41 bits per heavy atom. The Morgan fingerprint density at radius 3 is 2.04 bits per heavy atom. The second-order valence-electron chi connectivity index (χ2n) is 7.32. The third-order valence-corrected chi connectivity index (χ3v) is 5.40. The van der Waals surface area contributed by atoms with Crippen LogP contribution in [0.1, 0.15) is 35.4 Å². The van der Waals surface area contributed by atoms with Gasteiger partial charge >= 0.3 is 0 Å². The molecule has 1 amide bonds. The number of carbonyl (C=O) groups excluding carboxylic acids is 1. The van der Waals surface area contributed by atoms with Crippen molar-refractivity contribution >= 4 is 17.5 Å². The molecule has 6 heteroatoms. The van der Waals surface area contributed by atoms with E-state index < -0.39 is 0 Å². The molecular weight excluding hydrogens is 338 g/mol. The smallest absolute Gasteiger partial charge is 0.253 e. The minimum atomic E-state index is 0.114. The molecule has 2 aliphatic rings. The lowest BCUT2D eigenvalue weighted by Crippen LogP contribution is -2.49. The van der Waals surface area contributed by atoms with Crippen LogP contribution in [0.4, 0.5) is 11.6 Å². The zero-order valence-corrected chi connectivity index (χ0v) is 16.0. The van der Waals surface area contributed by atoms with E-state index in [4.69, 9.17) is 0 Å². The van der Waals surface area contributed by atoms with Gasteiger partial charge in [0.25, 0.3) is 5.91 Å². The minimum Gasteiger partial charge on any atom is -0.356 e. The Labute approximate surface area is 160 Å². The van der Waals surface area contributed by atoms with Crippen molar-refractivity contribution in [1.29, 1.82) is 0 Å². The summed E-state index contributed by atoms with van der Waals surface area (Å²) in [7, 11) is 0. The molecule has 6 nitrogen and oxygen atoms in total. The number of piperazine rings is 1. The van der Waals surface area contributed by atoms with Gasteiger partial charge in [-0.05, 0) is 38.3 Å². The average molecular weight is 365 g/mol. The summed E-state index contributed by atoms with van der Waals surface area (Å²) >= 11 is 0. The Bertz CT molecular complexity index is 780. The summed E-state index contributed by atoms with van der Waals surface area (Å²) in [5.74, 6) is 2.95. The molecule has 0 spiro atoms. The fraction of sp³-hybridized carbons (Fsp3) is 0.476. The van der Waals surface area contributed by atoms with Crippen molar-refractivity contribution in [3.8, 4) is 0 Å². The van der Waals surface area contributed by atoms with Crippen molar-refractivity contribution in [2.24, 2.45) is 0 Å². The summed E-state index contributed by atoms with van der Waals surface area (Å²) in [4.78, 5) is 28.5. The van der Waals surface area contributed by atoms with Gasteiger partial charge in [0.1, 0.15) is 17.5 Å². The number of anilines is 2. The molecule has 0 atom stereocenters. The summed E-state index contributed by atoms with van der Waals surface area (Å²) in [6.07, 6.45) is 3.78. The highest BCUT2D eigenvalue weighted by Crippen LogP contribution is 2.23. The molecule has 2 aliphatic heterocycles. The van der Waals surface area contributed by atoms with Gasteiger partial charge in [0.05, 0.1) is 0 Å². The maximum absolute atomic E-state index is 12.6. The number of rotatable bonds is 3. The number of hydrogen-bond acceptors (Lipinski definition) is 5. The van der Waals surface area contributed by atoms with Crippen molar-refractivity contribution in [3.05, 3.63) is 47.8 Å². The quantitative estimate of drug-likeness (QED) is 0.837. The molecule has 4 rings (SSSR count). The summed E-state index contributed by atoms with van der Waals surface area (Å²) in [6, 6.07) is 11.6. The number of aromatic nitrogens is 2. The van der Waals surface area contributed by atoms with Gasteiger partial charge in [-0.3, -0.25) is 4.79 Å². The van der Waals surface area contributed by atoms with Gasteiger partial charge in [0.15, 0.2) is 0 Å². The van der Waals surface area contributed by atoms with Gasteiger partial charge in [0.2, 0.25) is 0 Å². The number of nitrogens with zero attached hydrogens (tertiary/aromatic N) is 5. The zero-order valence-electron chi connectivity index (χ0n) is 16.0. The van der Waals surface area contributed by atoms with Gasteiger partial charge in [-0.1, -0.05) is 18.2 Å². The van der Waals surface area contributed by atoms with E-state index in [1.807, 2.05) is 42.2 Å². The van der Waals surface area contributed by atoms with E-state index in [9.17, 15) is 4.79 Å². The van der Waals surface area contributed by atoms with Crippen molar-refractivity contribution in [2.75, 3.05) is 49.1 Å². The van der Waals surface area contributed by atoms with E-state index in [0.29, 0.717) is 0 Å². The van der Waals surface area contributed by atoms with Crippen LogP contribution in [0.5, 0.6) is 0 Å².